The summed E-state index contributed by atoms with van der Waals surface area (Å²) in [6, 6.07) is 8.38. The second kappa shape index (κ2) is 7.25. The zero-order valence-corrected chi connectivity index (χ0v) is 12.7. The van der Waals surface area contributed by atoms with E-state index in [4.69, 9.17) is 0 Å². The van der Waals surface area contributed by atoms with Gasteiger partial charge < -0.3 is 4.90 Å². The summed E-state index contributed by atoms with van der Waals surface area (Å²) in [7, 11) is 3.97. The Bertz CT molecular complexity index is 429. The van der Waals surface area contributed by atoms with Crippen LogP contribution in [-0.4, -0.2) is 31.3 Å². The van der Waals surface area contributed by atoms with Crippen LogP contribution in [0.25, 0.3) is 6.08 Å². The number of carbonyl (C=O) groups is 1. The number of ketones is 1. The van der Waals surface area contributed by atoms with E-state index in [1.807, 2.05) is 32.0 Å². The van der Waals surface area contributed by atoms with E-state index in [0.717, 1.165) is 12.1 Å². The molecule has 0 saturated heterocycles. The third kappa shape index (κ3) is 5.39. The molecule has 1 atom stereocenters. The molecule has 0 N–H and O–H groups in total. The molecule has 0 aliphatic carbocycles. The molecule has 0 aromatic heterocycles. The Balaban J connectivity index is 2.63. The molecule has 1 rings (SSSR count). The Morgan fingerprint density at radius 1 is 1.16 bits per heavy atom. The average Bonchev–Trinajstić information content (AvgIpc) is 2.35. The van der Waals surface area contributed by atoms with Gasteiger partial charge in [0, 0.05) is 12.5 Å². The summed E-state index contributed by atoms with van der Waals surface area (Å²) in [5.41, 5.74) is 2.40. The minimum atomic E-state index is 0.0428. The van der Waals surface area contributed by atoms with E-state index in [9.17, 15) is 4.79 Å². The van der Waals surface area contributed by atoms with E-state index in [-0.39, 0.29) is 11.7 Å². The lowest BCUT2D eigenvalue weighted by Gasteiger charge is -2.13. The van der Waals surface area contributed by atoms with Crippen LogP contribution >= 0.6 is 0 Å². The third-order valence-corrected chi connectivity index (χ3v) is 3.17. The molecule has 1 unspecified atom stereocenters. The van der Waals surface area contributed by atoms with Gasteiger partial charge in [0.05, 0.1) is 0 Å². The van der Waals surface area contributed by atoms with Crippen LogP contribution in [0.15, 0.2) is 30.3 Å². The van der Waals surface area contributed by atoms with Crippen LogP contribution in [0.5, 0.6) is 0 Å². The van der Waals surface area contributed by atoms with Crippen molar-refractivity contribution in [2.24, 2.45) is 5.92 Å². The maximum atomic E-state index is 11.9. The molecule has 0 radical (unpaired) electrons. The molecule has 0 bridgehead atoms. The van der Waals surface area contributed by atoms with Gasteiger partial charge in [0.25, 0.3) is 0 Å². The first-order chi connectivity index (χ1) is 8.90. The van der Waals surface area contributed by atoms with Crippen molar-refractivity contribution in [3.8, 4) is 0 Å². The first kappa shape index (κ1) is 15.6. The van der Waals surface area contributed by atoms with Crippen molar-refractivity contribution in [1.82, 2.24) is 4.90 Å². The summed E-state index contributed by atoms with van der Waals surface area (Å²) in [5, 5.41) is 0. The highest BCUT2D eigenvalue weighted by molar-refractivity contribution is 5.95. The predicted molar refractivity (Wildman–Crippen MR) is 82.3 cm³/mol. The first-order valence-electron chi connectivity index (χ1n) is 6.86. The fraction of sp³-hybridized carbons (Fsp3) is 0.471. The van der Waals surface area contributed by atoms with E-state index in [0.29, 0.717) is 5.92 Å². The number of carbonyl (C=O) groups excluding carboxylic acids is 1. The van der Waals surface area contributed by atoms with E-state index < -0.39 is 0 Å². The highest BCUT2D eigenvalue weighted by Gasteiger charge is 2.10. The van der Waals surface area contributed by atoms with Crippen molar-refractivity contribution in [2.75, 3.05) is 20.6 Å². The van der Waals surface area contributed by atoms with Crippen LogP contribution in [0.1, 0.15) is 37.8 Å². The Hall–Kier alpha value is -1.41. The topological polar surface area (TPSA) is 20.3 Å². The van der Waals surface area contributed by atoms with Gasteiger partial charge in [-0.05, 0) is 37.2 Å². The van der Waals surface area contributed by atoms with Crippen molar-refractivity contribution in [3.05, 3.63) is 41.5 Å². The fourth-order valence-electron chi connectivity index (χ4n) is 1.97. The molecular weight excluding hydrogens is 234 g/mol. The summed E-state index contributed by atoms with van der Waals surface area (Å²) in [5.74, 6) is 0.766. The molecule has 1 aromatic carbocycles. The zero-order chi connectivity index (χ0) is 14.4. The highest BCUT2D eigenvalue weighted by atomic mass is 16.1. The van der Waals surface area contributed by atoms with Crippen molar-refractivity contribution in [1.29, 1.82) is 0 Å². The van der Waals surface area contributed by atoms with E-state index >= 15 is 0 Å². The molecule has 0 spiro atoms. The monoisotopic (exact) mass is 259 g/mol. The number of rotatable bonds is 6. The quantitative estimate of drug-likeness (QED) is 0.728. The lowest BCUT2D eigenvalue weighted by Crippen LogP contribution is -2.24. The van der Waals surface area contributed by atoms with Gasteiger partial charge in [-0.3, -0.25) is 4.79 Å². The molecule has 0 saturated carbocycles. The minimum absolute atomic E-state index is 0.0428. The highest BCUT2D eigenvalue weighted by Crippen LogP contribution is 2.15. The van der Waals surface area contributed by atoms with Gasteiger partial charge in [-0.25, -0.2) is 0 Å². The molecule has 2 heteroatoms. The molecule has 0 amide bonds. The van der Waals surface area contributed by atoms with Crippen LogP contribution in [0.2, 0.25) is 0 Å². The number of hydrogen-bond donors (Lipinski definition) is 0. The molecule has 0 fully saturated rings. The van der Waals surface area contributed by atoms with Gasteiger partial charge in [-0.1, -0.05) is 51.1 Å². The average molecular weight is 259 g/mol. The maximum Gasteiger partial charge on any atom is 0.159 e. The fourth-order valence-corrected chi connectivity index (χ4v) is 1.97. The van der Waals surface area contributed by atoms with Gasteiger partial charge in [-0.15, -0.1) is 0 Å². The molecule has 0 aliphatic heterocycles. The summed E-state index contributed by atoms with van der Waals surface area (Å²) < 4.78 is 0. The van der Waals surface area contributed by atoms with Crippen LogP contribution in [0.4, 0.5) is 0 Å². The third-order valence-electron chi connectivity index (χ3n) is 3.17. The van der Waals surface area contributed by atoms with Gasteiger partial charge in [0.1, 0.15) is 0 Å². The predicted octanol–water partition coefficient (Wildman–Crippen LogP) is 3.59. The van der Waals surface area contributed by atoms with Crippen LogP contribution in [0, 0.1) is 5.92 Å². The van der Waals surface area contributed by atoms with Crippen LogP contribution in [-0.2, 0) is 4.79 Å². The smallest absolute Gasteiger partial charge is 0.159 e. The van der Waals surface area contributed by atoms with Crippen molar-refractivity contribution >= 4 is 11.9 Å². The molecule has 104 valence electrons. The second-order valence-corrected chi connectivity index (χ2v) is 5.72. The summed E-state index contributed by atoms with van der Waals surface area (Å²) in [6.07, 6.45) is 3.59. The number of nitrogens with zero attached hydrogens (tertiary/aromatic N) is 1. The van der Waals surface area contributed by atoms with Crippen molar-refractivity contribution in [3.63, 3.8) is 0 Å². The Morgan fingerprint density at radius 2 is 1.74 bits per heavy atom. The molecule has 0 heterocycles. The summed E-state index contributed by atoms with van der Waals surface area (Å²) >= 11 is 0. The number of hydrogen-bond acceptors (Lipinski definition) is 2. The minimum Gasteiger partial charge on any atom is -0.309 e. The van der Waals surface area contributed by atoms with Crippen molar-refractivity contribution < 1.29 is 4.79 Å². The van der Waals surface area contributed by atoms with Gasteiger partial charge in [-0.2, -0.15) is 0 Å². The largest absolute Gasteiger partial charge is 0.309 e. The second-order valence-electron chi connectivity index (χ2n) is 5.72. The maximum absolute atomic E-state index is 11.9. The summed E-state index contributed by atoms with van der Waals surface area (Å²) in [6.45, 7) is 7.11. The summed E-state index contributed by atoms with van der Waals surface area (Å²) in [4.78, 5) is 13.9. The van der Waals surface area contributed by atoms with Gasteiger partial charge >= 0.3 is 0 Å². The zero-order valence-electron chi connectivity index (χ0n) is 12.7. The lowest BCUT2D eigenvalue weighted by atomic mass is 10.0. The molecule has 1 aromatic rings. The normalized spacial score (nSPS) is 13.4. The molecule has 19 heavy (non-hydrogen) atoms. The van der Waals surface area contributed by atoms with Crippen molar-refractivity contribution in [2.45, 2.75) is 26.7 Å². The van der Waals surface area contributed by atoms with E-state index in [1.165, 1.54) is 5.56 Å². The molecule has 2 nitrogen and oxygen atoms in total. The standard InChI is InChI=1S/C17H25NO/c1-13(2)16-9-6-15(7-10-16)8-11-17(19)14(3)12-18(4)5/h6-11,13-14H,12H2,1-5H3/b11-8+. The lowest BCUT2D eigenvalue weighted by molar-refractivity contribution is -0.118. The molecular formula is C17H25NO. The van der Waals surface area contributed by atoms with E-state index in [1.54, 1.807) is 6.08 Å². The van der Waals surface area contributed by atoms with E-state index in [2.05, 4.69) is 38.1 Å². The first-order valence-corrected chi connectivity index (χ1v) is 6.86. The van der Waals surface area contributed by atoms with Crippen LogP contribution in [0.3, 0.4) is 0 Å². The van der Waals surface area contributed by atoms with Gasteiger partial charge in [0.2, 0.25) is 0 Å². The van der Waals surface area contributed by atoms with Gasteiger partial charge in [0.15, 0.2) is 5.78 Å². The Labute approximate surface area is 117 Å². The Kier molecular flexibility index (Phi) is 5.97. The van der Waals surface area contributed by atoms with Crippen LogP contribution < -0.4 is 0 Å². The molecule has 0 aliphatic rings. The number of allylic oxidation sites excluding steroid dienone is 1. The number of benzene rings is 1. The SMILES string of the molecule is CC(CN(C)C)C(=O)/C=C/c1ccc(C(C)C)cc1. The Morgan fingerprint density at radius 3 is 2.21 bits per heavy atom.